The molecule has 4 heteroatoms. The molecule has 18 heavy (non-hydrogen) atoms. The number of rotatable bonds is 4. The van der Waals surface area contributed by atoms with E-state index < -0.39 is 0 Å². The van der Waals surface area contributed by atoms with Crippen LogP contribution in [0.3, 0.4) is 0 Å². The van der Waals surface area contributed by atoms with Gasteiger partial charge in [0, 0.05) is 30.4 Å². The molecule has 0 saturated carbocycles. The second-order valence-electron chi connectivity index (χ2n) is 4.82. The summed E-state index contributed by atoms with van der Waals surface area (Å²) in [4.78, 5) is 0. The monoisotopic (exact) mass is 261 g/mol. The highest BCUT2D eigenvalue weighted by Gasteiger charge is 2.23. The Kier molecular flexibility index (Phi) is 3.48. The molecule has 0 fully saturated rings. The van der Waals surface area contributed by atoms with Crippen molar-refractivity contribution in [2.45, 2.75) is 45.3 Å². The highest BCUT2D eigenvalue weighted by atomic mass is 32.1. The van der Waals surface area contributed by atoms with Crippen LogP contribution >= 0.6 is 11.3 Å². The van der Waals surface area contributed by atoms with Crippen LogP contribution in [0.25, 0.3) is 0 Å². The van der Waals surface area contributed by atoms with Crippen LogP contribution in [-0.2, 0) is 19.5 Å². The van der Waals surface area contributed by atoms with Gasteiger partial charge in [0.2, 0.25) is 0 Å². The van der Waals surface area contributed by atoms with Gasteiger partial charge >= 0.3 is 0 Å². The van der Waals surface area contributed by atoms with Crippen molar-refractivity contribution >= 4 is 11.3 Å². The van der Waals surface area contributed by atoms with E-state index in [4.69, 9.17) is 0 Å². The van der Waals surface area contributed by atoms with Gasteiger partial charge < -0.3 is 5.32 Å². The molecule has 0 spiro atoms. The standard InChI is InChI=1S/C14H19N3S/c1-2-17-14-5-3-4-13(12(14)9-16-17)15-8-11-6-7-18-10-11/h6-7,9-10,13,15H,2-5,8H2,1H3/t13-/m1/s1. The van der Waals surface area contributed by atoms with Crippen LogP contribution in [0, 0.1) is 0 Å². The highest BCUT2D eigenvalue weighted by molar-refractivity contribution is 7.07. The molecule has 3 rings (SSSR count). The fourth-order valence-electron chi connectivity index (χ4n) is 2.74. The molecule has 1 atom stereocenters. The maximum Gasteiger partial charge on any atom is 0.0540 e. The second-order valence-corrected chi connectivity index (χ2v) is 5.60. The SMILES string of the molecule is CCn1ncc2c1CCC[C@H]2NCc1ccsc1. The fraction of sp³-hybridized carbons (Fsp3) is 0.500. The molecular formula is C14H19N3S. The summed E-state index contributed by atoms with van der Waals surface area (Å²) in [5, 5.41) is 12.5. The molecule has 2 heterocycles. The maximum absolute atomic E-state index is 4.49. The summed E-state index contributed by atoms with van der Waals surface area (Å²) in [7, 11) is 0. The Labute approximate surface area is 112 Å². The van der Waals surface area contributed by atoms with Crippen molar-refractivity contribution < 1.29 is 0 Å². The minimum absolute atomic E-state index is 0.481. The zero-order valence-electron chi connectivity index (χ0n) is 10.7. The summed E-state index contributed by atoms with van der Waals surface area (Å²) in [6.45, 7) is 4.10. The third-order valence-electron chi connectivity index (χ3n) is 3.70. The normalized spacial score (nSPS) is 18.8. The van der Waals surface area contributed by atoms with E-state index in [0.29, 0.717) is 6.04 Å². The molecule has 0 saturated heterocycles. The van der Waals surface area contributed by atoms with E-state index in [0.717, 1.165) is 13.1 Å². The van der Waals surface area contributed by atoms with Crippen LogP contribution in [0.15, 0.2) is 23.0 Å². The van der Waals surface area contributed by atoms with Gasteiger partial charge in [-0.15, -0.1) is 0 Å². The number of fused-ring (bicyclic) bond motifs is 1. The number of nitrogens with one attached hydrogen (secondary N) is 1. The van der Waals surface area contributed by atoms with Crippen LogP contribution < -0.4 is 5.32 Å². The minimum atomic E-state index is 0.481. The molecular weight excluding hydrogens is 242 g/mol. The average molecular weight is 261 g/mol. The van der Waals surface area contributed by atoms with Crippen molar-refractivity contribution in [2.24, 2.45) is 0 Å². The van der Waals surface area contributed by atoms with Gasteiger partial charge in [-0.3, -0.25) is 4.68 Å². The summed E-state index contributed by atoms with van der Waals surface area (Å²) >= 11 is 1.76. The Bertz CT molecular complexity index is 501. The van der Waals surface area contributed by atoms with Gasteiger partial charge in [0.15, 0.2) is 0 Å². The third-order valence-corrected chi connectivity index (χ3v) is 4.43. The number of thiophene rings is 1. The van der Waals surface area contributed by atoms with Crippen molar-refractivity contribution in [3.63, 3.8) is 0 Å². The molecule has 96 valence electrons. The predicted molar refractivity (Wildman–Crippen MR) is 74.7 cm³/mol. The van der Waals surface area contributed by atoms with Crippen LogP contribution in [0.4, 0.5) is 0 Å². The van der Waals surface area contributed by atoms with Crippen LogP contribution in [-0.4, -0.2) is 9.78 Å². The Morgan fingerprint density at radius 2 is 2.50 bits per heavy atom. The molecule has 0 amide bonds. The first-order valence-corrected chi connectivity index (χ1v) is 7.61. The summed E-state index contributed by atoms with van der Waals surface area (Å²) in [6.07, 6.45) is 5.73. The molecule has 0 unspecified atom stereocenters. The Morgan fingerprint density at radius 3 is 3.28 bits per heavy atom. The van der Waals surface area contributed by atoms with E-state index in [2.05, 4.69) is 45.0 Å². The molecule has 2 aromatic rings. The Balaban J connectivity index is 1.73. The van der Waals surface area contributed by atoms with Gasteiger partial charge in [0.25, 0.3) is 0 Å². The zero-order valence-corrected chi connectivity index (χ0v) is 11.5. The quantitative estimate of drug-likeness (QED) is 0.916. The van der Waals surface area contributed by atoms with E-state index in [1.165, 1.54) is 36.1 Å². The third kappa shape index (κ3) is 2.22. The number of aromatic nitrogens is 2. The lowest BCUT2D eigenvalue weighted by Crippen LogP contribution is -2.24. The van der Waals surface area contributed by atoms with Gasteiger partial charge in [-0.1, -0.05) is 0 Å². The molecule has 3 nitrogen and oxygen atoms in total. The van der Waals surface area contributed by atoms with Gasteiger partial charge in [-0.05, 0) is 48.6 Å². The Morgan fingerprint density at radius 1 is 1.56 bits per heavy atom. The summed E-state index contributed by atoms with van der Waals surface area (Å²) in [5.41, 5.74) is 4.24. The van der Waals surface area contributed by atoms with Crippen molar-refractivity contribution in [3.05, 3.63) is 39.8 Å². The number of nitrogens with zero attached hydrogens (tertiary/aromatic N) is 2. The first-order valence-electron chi connectivity index (χ1n) is 6.67. The highest BCUT2D eigenvalue weighted by Crippen LogP contribution is 2.29. The van der Waals surface area contributed by atoms with Crippen LogP contribution in [0.1, 0.15) is 42.6 Å². The lowest BCUT2D eigenvalue weighted by Gasteiger charge is -2.24. The van der Waals surface area contributed by atoms with Crippen LogP contribution in [0.2, 0.25) is 0 Å². The van der Waals surface area contributed by atoms with Gasteiger partial charge in [-0.2, -0.15) is 16.4 Å². The van der Waals surface area contributed by atoms with Crippen molar-refractivity contribution in [2.75, 3.05) is 0 Å². The van der Waals surface area contributed by atoms with E-state index in [1.54, 1.807) is 11.3 Å². The molecule has 0 bridgehead atoms. The number of hydrogen-bond acceptors (Lipinski definition) is 3. The topological polar surface area (TPSA) is 29.9 Å². The minimum Gasteiger partial charge on any atom is -0.306 e. The van der Waals surface area contributed by atoms with E-state index in [9.17, 15) is 0 Å². The van der Waals surface area contributed by atoms with Crippen molar-refractivity contribution in [1.82, 2.24) is 15.1 Å². The first kappa shape index (κ1) is 11.9. The largest absolute Gasteiger partial charge is 0.306 e. The summed E-state index contributed by atoms with van der Waals surface area (Å²) < 4.78 is 2.15. The van der Waals surface area contributed by atoms with Gasteiger partial charge in [-0.25, -0.2) is 0 Å². The number of aryl methyl sites for hydroxylation is 1. The fourth-order valence-corrected chi connectivity index (χ4v) is 3.41. The number of hydrogen-bond donors (Lipinski definition) is 1. The lowest BCUT2D eigenvalue weighted by atomic mass is 9.93. The maximum atomic E-state index is 4.49. The average Bonchev–Trinajstić information content (AvgIpc) is 3.05. The van der Waals surface area contributed by atoms with Crippen molar-refractivity contribution in [1.29, 1.82) is 0 Å². The predicted octanol–water partition coefficient (Wildman–Crippen LogP) is 3.13. The molecule has 1 aliphatic rings. The molecule has 0 radical (unpaired) electrons. The van der Waals surface area contributed by atoms with E-state index in [-0.39, 0.29) is 0 Å². The molecule has 1 N–H and O–H groups in total. The first-order chi connectivity index (χ1) is 8.88. The van der Waals surface area contributed by atoms with Crippen molar-refractivity contribution in [3.8, 4) is 0 Å². The zero-order chi connectivity index (χ0) is 12.4. The van der Waals surface area contributed by atoms with Gasteiger partial charge in [0.1, 0.15) is 0 Å². The van der Waals surface area contributed by atoms with E-state index in [1.807, 2.05) is 0 Å². The second kappa shape index (κ2) is 5.24. The molecule has 2 aromatic heterocycles. The van der Waals surface area contributed by atoms with E-state index >= 15 is 0 Å². The molecule has 0 aromatic carbocycles. The van der Waals surface area contributed by atoms with Gasteiger partial charge in [0.05, 0.1) is 6.20 Å². The van der Waals surface area contributed by atoms with Crippen LogP contribution in [0.5, 0.6) is 0 Å². The summed E-state index contributed by atoms with van der Waals surface area (Å²) in [5.74, 6) is 0. The summed E-state index contributed by atoms with van der Waals surface area (Å²) in [6, 6.07) is 2.67. The molecule has 0 aliphatic heterocycles. The lowest BCUT2D eigenvalue weighted by molar-refractivity contribution is 0.448. The Hall–Kier alpha value is -1.13. The smallest absolute Gasteiger partial charge is 0.0540 e. The molecule has 1 aliphatic carbocycles.